The molecule has 0 saturated heterocycles. The maximum absolute atomic E-state index is 10.0. The van der Waals surface area contributed by atoms with Crippen molar-refractivity contribution in [1.82, 2.24) is 0 Å². The lowest BCUT2D eigenvalue weighted by Crippen LogP contribution is -2.24. The normalized spacial score (nSPS) is 23.0. The first-order chi connectivity index (χ1) is 7.38. The van der Waals surface area contributed by atoms with Gasteiger partial charge in [-0.1, -0.05) is 54.6 Å². The van der Waals surface area contributed by atoms with Gasteiger partial charge in [0.2, 0.25) is 0 Å². The Morgan fingerprint density at radius 1 is 0.733 bits per heavy atom. The molecule has 1 aliphatic rings. The number of aliphatic hydroxyl groups is 1. The molecule has 1 nitrogen and oxygen atoms in total. The molecule has 0 amide bonds. The van der Waals surface area contributed by atoms with Crippen molar-refractivity contribution in [3.05, 3.63) is 71.3 Å². The smallest absolute Gasteiger partial charge is 0.0902 e. The van der Waals surface area contributed by atoms with Crippen LogP contribution in [0.3, 0.4) is 0 Å². The van der Waals surface area contributed by atoms with Crippen molar-refractivity contribution in [2.24, 2.45) is 0 Å². The fourth-order valence-corrected chi connectivity index (χ4v) is 2.34. The van der Waals surface area contributed by atoms with Gasteiger partial charge in [-0.3, -0.25) is 0 Å². The van der Waals surface area contributed by atoms with Crippen LogP contribution < -0.4 is 0 Å². The van der Waals surface area contributed by atoms with E-state index in [1.165, 1.54) is 11.1 Å². The minimum absolute atomic E-state index is 0.169. The summed E-state index contributed by atoms with van der Waals surface area (Å²) in [6.45, 7) is 0. The summed E-state index contributed by atoms with van der Waals surface area (Å²) in [5.74, 6) is 0.169. The molecule has 1 aliphatic carbocycles. The van der Waals surface area contributed by atoms with E-state index >= 15 is 0 Å². The highest BCUT2D eigenvalue weighted by atomic mass is 16.3. The molecule has 0 fully saturated rings. The van der Waals surface area contributed by atoms with Gasteiger partial charge in [0.05, 0.1) is 6.10 Å². The van der Waals surface area contributed by atoms with Gasteiger partial charge in [-0.15, -0.1) is 0 Å². The molecule has 1 N–H and O–H groups in total. The quantitative estimate of drug-likeness (QED) is 0.743. The molecule has 0 radical (unpaired) electrons. The van der Waals surface area contributed by atoms with Gasteiger partial charge in [0.15, 0.2) is 0 Å². The first-order valence-electron chi connectivity index (χ1n) is 5.20. The number of fused-ring (bicyclic) bond motifs is 1. The van der Waals surface area contributed by atoms with Crippen molar-refractivity contribution in [2.45, 2.75) is 12.0 Å². The van der Waals surface area contributed by atoms with Gasteiger partial charge in [0.1, 0.15) is 0 Å². The second kappa shape index (κ2) is 3.21. The molecule has 0 heterocycles. The van der Waals surface area contributed by atoms with Gasteiger partial charge >= 0.3 is 0 Å². The Kier molecular flexibility index (Phi) is 1.86. The van der Waals surface area contributed by atoms with E-state index in [9.17, 15) is 5.11 Å². The maximum Gasteiger partial charge on any atom is 0.0902 e. The van der Waals surface area contributed by atoms with E-state index in [4.69, 9.17) is 0 Å². The van der Waals surface area contributed by atoms with Crippen LogP contribution in [0.5, 0.6) is 0 Å². The summed E-state index contributed by atoms with van der Waals surface area (Å²) in [6, 6.07) is 18.3. The molecule has 2 aromatic carbocycles. The third kappa shape index (κ3) is 1.20. The summed E-state index contributed by atoms with van der Waals surface area (Å²) >= 11 is 0. The average molecular weight is 196 g/mol. The Hall–Kier alpha value is -1.60. The minimum Gasteiger partial charge on any atom is -0.387 e. The van der Waals surface area contributed by atoms with Crippen molar-refractivity contribution in [1.29, 1.82) is 0 Å². The predicted molar refractivity (Wildman–Crippen MR) is 59.7 cm³/mol. The van der Waals surface area contributed by atoms with Crippen LogP contribution in [0.15, 0.2) is 54.6 Å². The average Bonchev–Trinajstić information content (AvgIpc) is 2.30. The van der Waals surface area contributed by atoms with Crippen molar-refractivity contribution in [3.8, 4) is 0 Å². The van der Waals surface area contributed by atoms with E-state index in [2.05, 4.69) is 18.2 Å². The van der Waals surface area contributed by atoms with Crippen molar-refractivity contribution >= 4 is 0 Å². The zero-order valence-electron chi connectivity index (χ0n) is 8.30. The maximum atomic E-state index is 10.0. The SMILES string of the molecule is OC1c2ccccc2C1c1ccccc1. The Bertz CT molecular complexity index is 476. The van der Waals surface area contributed by atoms with Crippen LogP contribution in [0, 0.1) is 0 Å². The highest BCUT2D eigenvalue weighted by molar-refractivity contribution is 5.49. The molecule has 1 heteroatoms. The van der Waals surface area contributed by atoms with E-state index in [1.54, 1.807) is 0 Å². The highest BCUT2D eigenvalue weighted by Crippen LogP contribution is 2.48. The fraction of sp³-hybridized carbons (Fsp3) is 0.143. The number of rotatable bonds is 1. The highest BCUT2D eigenvalue weighted by Gasteiger charge is 2.36. The summed E-state index contributed by atoms with van der Waals surface area (Å²) in [5, 5.41) is 10.0. The zero-order chi connectivity index (χ0) is 10.3. The summed E-state index contributed by atoms with van der Waals surface area (Å²) in [4.78, 5) is 0. The molecular formula is C14H12O. The van der Waals surface area contributed by atoms with Crippen molar-refractivity contribution < 1.29 is 5.11 Å². The van der Waals surface area contributed by atoms with E-state index < -0.39 is 0 Å². The van der Waals surface area contributed by atoms with Crippen LogP contribution in [-0.2, 0) is 0 Å². The molecule has 0 bridgehead atoms. The molecule has 2 aromatic rings. The minimum atomic E-state index is -0.330. The molecule has 0 spiro atoms. The molecule has 0 aromatic heterocycles. The molecule has 3 rings (SSSR count). The van der Waals surface area contributed by atoms with Crippen LogP contribution in [0.25, 0.3) is 0 Å². The molecular weight excluding hydrogens is 184 g/mol. The van der Waals surface area contributed by atoms with Crippen molar-refractivity contribution in [2.75, 3.05) is 0 Å². The van der Waals surface area contributed by atoms with Gasteiger partial charge in [-0.25, -0.2) is 0 Å². The lowest BCUT2D eigenvalue weighted by atomic mass is 9.71. The Labute approximate surface area is 89.0 Å². The van der Waals surface area contributed by atoms with Crippen LogP contribution in [0.2, 0.25) is 0 Å². The third-order valence-corrected chi connectivity index (χ3v) is 3.12. The summed E-state index contributed by atoms with van der Waals surface area (Å²) in [6.07, 6.45) is -0.330. The van der Waals surface area contributed by atoms with Crippen LogP contribution >= 0.6 is 0 Å². The molecule has 0 aliphatic heterocycles. The number of benzene rings is 2. The molecule has 2 unspecified atom stereocenters. The number of hydrogen-bond acceptors (Lipinski definition) is 1. The Balaban J connectivity index is 2.06. The monoisotopic (exact) mass is 196 g/mol. The second-order valence-corrected chi connectivity index (χ2v) is 3.96. The topological polar surface area (TPSA) is 20.2 Å². The molecule has 15 heavy (non-hydrogen) atoms. The fourth-order valence-electron chi connectivity index (χ4n) is 2.34. The van der Waals surface area contributed by atoms with E-state index in [-0.39, 0.29) is 12.0 Å². The lowest BCUT2D eigenvalue weighted by molar-refractivity contribution is 0.131. The predicted octanol–water partition coefficient (Wildman–Crippen LogP) is 2.87. The van der Waals surface area contributed by atoms with E-state index in [0.717, 1.165) is 5.56 Å². The Morgan fingerprint density at radius 2 is 1.33 bits per heavy atom. The summed E-state index contributed by atoms with van der Waals surface area (Å²) in [7, 11) is 0. The zero-order valence-corrected chi connectivity index (χ0v) is 8.30. The van der Waals surface area contributed by atoms with Gasteiger partial charge in [-0.2, -0.15) is 0 Å². The standard InChI is InChI=1S/C14H12O/c15-14-12-9-5-4-8-11(12)13(14)10-6-2-1-3-7-10/h1-9,13-15H. The van der Waals surface area contributed by atoms with Gasteiger partial charge in [-0.05, 0) is 16.7 Å². The first-order valence-corrected chi connectivity index (χ1v) is 5.20. The van der Waals surface area contributed by atoms with Crippen LogP contribution in [-0.4, -0.2) is 5.11 Å². The Morgan fingerprint density at radius 3 is 2.07 bits per heavy atom. The first kappa shape index (κ1) is 8.69. The lowest BCUT2D eigenvalue weighted by Gasteiger charge is -2.36. The van der Waals surface area contributed by atoms with E-state index in [0.29, 0.717) is 0 Å². The molecule has 74 valence electrons. The van der Waals surface area contributed by atoms with E-state index in [1.807, 2.05) is 36.4 Å². The van der Waals surface area contributed by atoms with Crippen molar-refractivity contribution in [3.63, 3.8) is 0 Å². The van der Waals surface area contributed by atoms with Gasteiger partial charge in [0, 0.05) is 5.92 Å². The van der Waals surface area contributed by atoms with Gasteiger partial charge in [0.25, 0.3) is 0 Å². The number of aliphatic hydroxyl groups excluding tert-OH is 1. The molecule has 2 atom stereocenters. The second-order valence-electron chi connectivity index (χ2n) is 3.96. The van der Waals surface area contributed by atoms with Crippen LogP contribution in [0.1, 0.15) is 28.7 Å². The summed E-state index contributed by atoms with van der Waals surface area (Å²) < 4.78 is 0. The van der Waals surface area contributed by atoms with Gasteiger partial charge < -0.3 is 5.11 Å². The van der Waals surface area contributed by atoms with Crippen LogP contribution in [0.4, 0.5) is 0 Å². The number of hydrogen-bond donors (Lipinski definition) is 1. The molecule has 0 saturated carbocycles. The third-order valence-electron chi connectivity index (χ3n) is 3.12. The summed E-state index contributed by atoms with van der Waals surface area (Å²) in [5.41, 5.74) is 3.53. The largest absolute Gasteiger partial charge is 0.387 e.